The molecule has 6 heteroatoms. The third kappa shape index (κ3) is 4.49. The molecule has 126 valence electrons. The Morgan fingerprint density at radius 3 is 2.46 bits per heavy atom. The molecule has 0 saturated heterocycles. The third-order valence-electron chi connectivity index (χ3n) is 3.42. The summed E-state index contributed by atoms with van der Waals surface area (Å²) in [5.41, 5.74) is 1.35. The van der Waals surface area contributed by atoms with Gasteiger partial charge in [-0.25, -0.2) is 4.79 Å². The van der Waals surface area contributed by atoms with Gasteiger partial charge in [0.2, 0.25) is 0 Å². The second-order valence-electron chi connectivity index (χ2n) is 5.15. The number of carbonyl (C=O) groups excluding carboxylic acids is 1. The molecule has 0 saturated carbocycles. The van der Waals surface area contributed by atoms with E-state index < -0.39 is 12.6 Å². The van der Waals surface area contributed by atoms with Crippen LogP contribution in [0.4, 0.5) is 0 Å². The van der Waals surface area contributed by atoms with Crippen LogP contribution >= 0.6 is 0 Å². The zero-order valence-corrected chi connectivity index (χ0v) is 13.5. The summed E-state index contributed by atoms with van der Waals surface area (Å²) in [6.07, 6.45) is 0. The normalized spacial score (nSPS) is 11.4. The number of ether oxygens (including phenoxy) is 2. The maximum Gasteiger partial charge on any atom is 0.341 e. The number of hydrogen-bond donors (Lipinski definition) is 2. The minimum absolute atomic E-state index is 0.163. The van der Waals surface area contributed by atoms with Crippen molar-refractivity contribution in [3.05, 3.63) is 59.7 Å². The van der Waals surface area contributed by atoms with E-state index in [1.165, 1.54) is 13.2 Å². The molecule has 2 aromatic carbocycles. The summed E-state index contributed by atoms with van der Waals surface area (Å²) in [6.45, 7) is 1.38. The van der Waals surface area contributed by atoms with Gasteiger partial charge in [-0.2, -0.15) is 0 Å². The molecule has 0 heterocycles. The van der Waals surface area contributed by atoms with E-state index in [-0.39, 0.29) is 17.7 Å². The number of amides is 1. The molecule has 2 rings (SSSR count). The summed E-state index contributed by atoms with van der Waals surface area (Å²) in [5.74, 6) is -0.817. The zero-order chi connectivity index (χ0) is 17.5. The van der Waals surface area contributed by atoms with Crippen molar-refractivity contribution in [2.75, 3.05) is 13.7 Å². The van der Waals surface area contributed by atoms with Gasteiger partial charge in [0.15, 0.2) is 18.1 Å². The largest absolute Gasteiger partial charge is 0.493 e. The Labute approximate surface area is 140 Å². The molecule has 6 nitrogen and oxygen atoms in total. The minimum Gasteiger partial charge on any atom is -0.493 e. The summed E-state index contributed by atoms with van der Waals surface area (Å²) >= 11 is 0. The van der Waals surface area contributed by atoms with Crippen LogP contribution in [0.1, 0.15) is 28.9 Å². The van der Waals surface area contributed by atoms with E-state index in [0.29, 0.717) is 11.3 Å². The Hall–Kier alpha value is -3.02. The van der Waals surface area contributed by atoms with Crippen molar-refractivity contribution in [2.45, 2.75) is 13.0 Å². The first-order valence-corrected chi connectivity index (χ1v) is 7.39. The van der Waals surface area contributed by atoms with Crippen LogP contribution < -0.4 is 14.8 Å². The fourth-order valence-corrected chi connectivity index (χ4v) is 2.18. The SMILES string of the molecule is COc1ccc(C(=O)N[C@H](C)c2ccccc2)cc1OCC(=O)O. The van der Waals surface area contributed by atoms with Gasteiger partial charge in [-0.15, -0.1) is 0 Å². The van der Waals surface area contributed by atoms with Crippen LogP contribution in [0.15, 0.2) is 48.5 Å². The fourth-order valence-electron chi connectivity index (χ4n) is 2.18. The number of benzene rings is 2. The molecule has 0 aromatic heterocycles. The van der Waals surface area contributed by atoms with Gasteiger partial charge in [0, 0.05) is 5.56 Å². The number of carboxylic acid groups (broad SMARTS) is 1. The lowest BCUT2D eigenvalue weighted by molar-refractivity contribution is -0.139. The number of aliphatic carboxylic acids is 1. The highest BCUT2D eigenvalue weighted by atomic mass is 16.5. The molecule has 0 aliphatic rings. The third-order valence-corrected chi connectivity index (χ3v) is 3.42. The number of hydrogen-bond acceptors (Lipinski definition) is 4. The summed E-state index contributed by atoms with van der Waals surface area (Å²) in [6, 6.07) is 14.1. The Bertz CT molecular complexity index is 715. The molecule has 0 bridgehead atoms. The van der Waals surface area contributed by atoms with Crippen LogP contribution in [0.2, 0.25) is 0 Å². The number of carbonyl (C=O) groups is 2. The van der Waals surface area contributed by atoms with Crippen molar-refractivity contribution in [1.82, 2.24) is 5.32 Å². The number of rotatable bonds is 7. The van der Waals surface area contributed by atoms with E-state index in [9.17, 15) is 9.59 Å². The van der Waals surface area contributed by atoms with Gasteiger partial charge in [-0.05, 0) is 30.7 Å². The zero-order valence-electron chi connectivity index (χ0n) is 13.5. The molecule has 0 unspecified atom stereocenters. The molecule has 0 spiro atoms. The Balaban J connectivity index is 2.14. The highest BCUT2D eigenvalue weighted by Crippen LogP contribution is 2.28. The number of carboxylic acids is 1. The topological polar surface area (TPSA) is 84.9 Å². The standard InChI is InChI=1S/C18H19NO5/c1-12(13-6-4-3-5-7-13)19-18(22)14-8-9-15(23-2)16(10-14)24-11-17(20)21/h3-10,12H,11H2,1-2H3,(H,19,22)(H,20,21)/t12-/m1/s1. The molecule has 1 atom stereocenters. The van der Waals surface area contributed by atoms with Crippen LogP contribution in [0, 0.1) is 0 Å². The van der Waals surface area contributed by atoms with Gasteiger partial charge >= 0.3 is 5.97 Å². The van der Waals surface area contributed by atoms with Crippen LogP contribution in [-0.4, -0.2) is 30.7 Å². The summed E-state index contributed by atoms with van der Waals surface area (Å²) in [5, 5.41) is 11.6. The molecule has 2 aromatic rings. The Morgan fingerprint density at radius 2 is 1.83 bits per heavy atom. The predicted octanol–water partition coefficient (Wildman–Crippen LogP) is 2.65. The second-order valence-corrected chi connectivity index (χ2v) is 5.15. The van der Waals surface area contributed by atoms with Gasteiger partial charge in [0.1, 0.15) is 0 Å². The van der Waals surface area contributed by atoms with Crippen LogP contribution in [0.5, 0.6) is 11.5 Å². The Morgan fingerprint density at radius 1 is 1.12 bits per heavy atom. The van der Waals surface area contributed by atoms with E-state index in [0.717, 1.165) is 5.56 Å². The summed E-state index contributed by atoms with van der Waals surface area (Å²) in [4.78, 5) is 23.0. The van der Waals surface area contributed by atoms with Crippen LogP contribution in [0.25, 0.3) is 0 Å². The van der Waals surface area contributed by atoms with Crippen molar-refractivity contribution < 1.29 is 24.2 Å². The molecule has 0 aliphatic heterocycles. The maximum atomic E-state index is 12.4. The van der Waals surface area contributed by atoms with Gasteiger partial charge in [-0.1, -0.05) is 30.3 Å². The monoisotopic (exact) mass is 329 g/mol. The average Bonchev–Trinajstić information content (AvgIpc) is 2.60. The van der Waals surface area contributed by atoms with Gasteiger partial charge in [-0.3, -0.25) is 4.79 Å². The lowest BCUT2D eigenvalue weighted by Crippen LogP contribution is -2.26. The quantitative estimate of drug-likeness (QED) is 0.816. The van der Waals surface area contributed by atoms with Gasteiger partial charge in [0.05, 0.1) is 13.2 Å². The van der Waals surface area contributed by atoms with E-state index in [1.54, 1.807) is 12.1 Å². The smallest absolute Gasteiger partial charge is 0.341 e. The average molecular weight is 329 g/mol. The van der Waals surface area contributed by atoms with Crippen molar-refractivity contribution in [2.24, 2.45) is 0 Å². The van der Waals surface area contributed by atoms with E-state index in [4.69, 9.17) is 14.6 Å². The maximum absolute atomic E-state index is 12.4. The molecule has 24 heavy (non-hydrogen) atoms. The van der Waals surface area contributed by atoms with Crippen LogP contribution in [-0.2, 0) is 4.79 Å². The first-order chi connectivity index (χ1) is 11.5. The molecule has 0 radical (unpaired) electrons. The Kier molecular flexibility index (Phi) is 5.78. The van der Waals surface area contributed by atoms with Crippen molar-refractivity contribution >= 4 is 11.9 Å². The second kappa shape index (κ2) is 8.01. The molecular weight excluding hydrogens is 310 g/mol. The highest BCUT2D eigenvalue weighted by molar-refractivity contribution is 5.95. The van der Waals surface area contributed by atoms with Crippen molar-refractivity contribution in [3.63, 3.8) is 0 Å². The van der Waals surface area contributed by atoms with Crippen molar-refractivity contribution in [3.8, 4) is 11.5 Å². The molecule has 2 N–H and O–H groups in total. The predicted molar refractivity (Wildman–Crippen MR) is 88.4 cm³/mol. The van der Waals surface area contributed by atoms with Crippen LogP contribution in [0.3, 0.4) is 0 Å². The number of nitrogens with one attached hydrogen (secondary N) is 1. The van der Waals surface area contributed by atoms with Gasteiger partial charge < -0.3 is 19.9 Å². The lowest BCUT2D eigenvalue weighted by Gasteiger charge is -2.15. The van der Waals surface area contributed by atoms with E-state index in [1.807, 2.05) is 37.3 Å². The van der Waals surface area contributed by atoms with Crippen molar-refractivity contribution in [1.29, 1.82) is 0 Å². The summed E-state index contributed by atoms with van der Waals surface area (Å²) < 4.78 is 10.3. The molecular formula is C18H19NO5. The summed E-state index contributed by atoms with van der Waals surface area (Å²) in [7, 11) is 1.44. The first kappa shape index (κ1) is 17.3. The lowest BCUT2D eigenvalue weighted by atomic mass is 10.1. The van der Waals surface area contributed by atoms with Gasteiger partial charge in [0.25, 0.3) is 5.91 Å². The van der Waals surface area contributed by atoms with E-state index >= 15 is 0 Å². The molecule has 1 amide bonds. The van der Waals surface area contributed by atoms with E-state index in [2.05, 4.69) is 5.32 Å². The number of methoxy groups -OCH3 is 1. The fraction of sp³-hybridized carbons (Fsp3) is 0.222. The molecule has 0 aliphatic carbocycles. The minimum atomic E-state index is -1.11. The highest BCUT2D eigenvalue weighted by Gasteiger charge is 2.15. The first-order valence-electron chi connectivity index (χ1n) is 7.39. The molecule has 0 fully saturated rings.